The van der Waals surface area contributed by atoms with E-state index in [0.29, 0.717) is 35.4 Å². The van der Waals surface area contributed by atoms with Gasteiger partial charge in [-0.15, -0.1) is 11.3 Å². The second-order valence-electron chi connectivity index (χ2n) is 6.29. The number of hydrogen-bond donors (Lipinski definition) is 0. The summed E-state index contributed by atoms with van der Waals surface area (Å²) in [6, 6.07) is 3.49. The van der Waals surface area contributed by atoms with Crippen LogP contribution in [-0.4, -0.2) is 42.4 Å². The molecule has 0 bridgehead atoms. The highest BCUT2D eigenvalue weighted by atomic mass is 32.1. The van der Waals surface area contributed by atoms with Crippen molar-refractivity contribution in [2.45, 2.75) is 46.1 Å². The summed E-state index contributed by atoms with van der Waals surface area (Å²) < 4.78 is 5.77. The number of amides is 1. The van der Waals surface area contributed by atoms with Gasteiger partial charge in [-0.1, -0.05) is 26.7 Å². The van der Waals surface area contributed by atoms with Crippen molar-refractivity contribution in [1.82, 2.24) is 4.90 Å². The van der Waals surface area contributed by atoms with E-state index in [1.165, 1.54) is 24.7 Å². The molecule has 1 aromatic heterocycles. The van der Waals surface area contributed by atoms with Crippen molar-refractivity contribution in [1.29, 1.82) is 0 Å². The first-order valence-corrected chi connectivity index (χ1v) is 8.80. The molecule has 2 rings (SSSR count). The van der Waals surface area contributed by atoms with Crippen molar-refractivity contribution in [2.24, 2.45) is 5.92 Å². The lowest BCUT2D eigenvalue weighted by atomic mass is 10.0. The molecule has 4 nitrogen and oxygen atoms in total. The highest BCUT2D eigenvalue weighted by molar-refractivity contribution is 7.15. The molecule has 1 aromatic rings. The third kappa shape index (κ3) is 4.65. The number of carbonyl (C=O) groups is 2. The number of hydrogen-bond acceptors (Lipinski definition) is 4. The fraction of sp³-hybridized carbons (Fsp3) is 0.647. The lowest BCUT2D eigenvalue weighted by Crippen LogP contribution is -2.45. The number of ketones is 1. The summed E-state index contributed by atoms with van der Waals surface area (Å²) in [6.45, 7) is 7.86. The molecule has 122 valence electrons. The van der Waals surface area contributed by atoms with Gasteiger partial charge in [-0.25, -0.2) is 0 Å². The Morgan fingerprint density at radius 1 is 1.36 bits per heavy atom. The minimum atomic E-state index is 0.0117. The molecule has 0 radical (unpaired) electrons. The Balaban J connectivity index is 1.90. The second kappa shape index (κ2) is 7.88. The Bertz CT molecular complexity index is 524. The van der Waals surface area contributed by atoms with Crippen molar-refractivity contribution in [3.63, 3.8) is 0 Å². The Kier molecular flexibility index (Phi) is 6.15. The third-order valence-corrected chi connectivity index (χ3v) is 5.07. The first kappa shape index (κ1) is 17.2. The maximum absolute atomic E-state index is 12.5. The quantitative estimate of drug-likeness (QED) is 0.751. The number of ether oxygens (including phenoxy) is 1. The Morgan fingerprint density at radius 3 is 2.73 bits per heavy atom. The molecule has 0 N–H and O–H groups in total. The van der Waals surface area contributed by atoms with Gasteiger partial charge in [0.05, 0.1) is 22.5 Å². The highest BCUT2D eigenvalue weighted by Gasteiger charge is 2.26. The van der Waals surface area contributed by atoms with Crippen LogP contribution in [0.5, 0.6) is 0 Å². The highest BCUT2D eigenvalue weighted by Crippen LogP contribution is 2.21. The molecule has 0 aliphatic carbocycles. The Labute approximate surface area is 136 Å². The molecule has 1 amide bonds. The minimum Gasteiger partial charge on any atom is -0.375 e. The summed E-state index contributed by atoms with van der Waals surface area (Å²) in [4.78, 5) is 27.0. The van der Waals surface area contributed by atoms with Crippen LogP contribution < -0.4 is 0 Å². The van der Waals surface area contributed by atoms with Crippen LogP contribution in [0.15, 0.2) is 12.1 Å². The van der Waals surface area contributed by atoms with E-state index in [1.54, 1.807) is 12.1 Å². The van der Waals surface area contributed by atoms with E-state index in [0.717, 1.165) is 12.8 Å². The molecule has 1 saturated heterocycles. The first-order valence-electron chi connectivity index (χ1n) is 7.99. The number of rotatable bonds is 6. The molecule has 0 unspecified atom stereocenters. The van der Waals surface area contributed by atoms with Gasteiger partial charge >= 0.3 is 0 Å². The van der Waals surface area contributed by atoms with Crippen LogP contribution in [0.4, 0.5) is 0 Å². The smallest absolute Gasteiger partial charge is 0.264 e. The van der Waals surface area contributed by atoms with Gasteiger partial charge in [0, 0.05) is 13.1 Å². The lowest BCUT2D eigenvalue weighted by Gasteiger charge is -2.33. The van der Waals surface area contributed by atoms with Gasteiger partial charge in [0.2, 0.25) is 0 Å². The van der Waals surface area contributed by atoms with Crippen molar-refractivity contribution >= 4 is 23.0 Å². The van der Waals surface area contributed by atoms with E-state index in [1.807, 2.05) is 4.90 Å². The molecule has 0 spiro atoms. The minimum absolute atomic E-state index is 0.0117. The van der Waals surface area contributed by atoms with Crippen molar-refractivity contribution in [2.75, 3.05) is 19.7 Å². The molecule has 2 heterocycles. The number of thiophene rings is 1. The van der Waals surface area contributed by atoms with Gasteiger partial charge in [0.1, 0.15) is 0 Å². The molecule has 1 fully saturated rings. The third-order valence-electron chi connectivity index (χ3n) is 3.90. The average Bonchev–Trinajstić information content (AvgIpc) is 2.96. The monoisotopic (exact) mass is 323 g/mol. The number of morpholine rings is 1. The Hall–Kier alpha value is -1.20. The topological polar surface area (TPSA) is 46.6 Å². The summed E-state index contributed by atoms with van der Waals surface area (Å²) in [7, 11) is 0. The number of Topliss-reactive ketones (excluding diaryl/α,β-unsaturated/α-hetero) is 1. The number of nitrogens with zero attached hydrogens (tertiary/aromatic N) is 1. The summed E-state index contributed by atoms with van der Waals surface area (Å²) in [5.74, 6) is 0.740. The molecule has 5 heteroatoms. The van der Waals surface area contributed by atoms with E-state index in [2.05, 4.69) is 13.8 Å². The standard InChI is InChI=1S/C17H25NO3S/c1-12(2)5-4-6-14-11-18(9-10-21-14)17(20)16-8-7-15(22-16)13(3)19/h7-8,12,14H,4-6,9-11H2,1-3H3/t14-/m1/s1. The molecule has 1 aliphatic rings. The Morgan fingerprint density at radius 2 is 2.09 bits per heavy atom. The molecule has 0 aromatic carbocycles. The molecular weight excluding hydrogens is 298 g/mol. The molecule has 22 heavy (non-hydrogen) atoms. The predicted octanol–water partition coefficient (Wildman–Crippen LogP) is 3.62. The maximum atomic E-state index is 12.5. The van der Waals surface area contributed by atoms with E-state index in [4.69, 9.17) is 4.74 Å². The van der Waals surface area contributed by atoms with Crippen molar-refractivity contribution < 1.29 is 14.3 Å². The molecule has 0 saturated carbocycles. The first-order chi connectivity index (χ1) is 10.5. The summed E-state index contributed by atoms with van der Waals surface area (Å²) in [5, 5.41) is 0. The van der Waals surface area contributed by atoms with Gasteiger partial charge in [-0.3, -0.25) is 9.59 Å². The SMILES string of the molecule is CC(=O)c1ccc(C(=O)N2CCO[C@H](CCCC(C)C)C2)s1. The summed E-state index contributed by atoms with van der Waals surface area (Å²) in [5.41, 5.74) is 0. The zero-order chi connectivity index (χ0) is 16.1. The fourth-order valence-electron chi connectivity index (χ4n) is 2.63. The van der Waals surface area contributed by atoms with Crippen molar-refractivity contribution in [3.05, 3.63) is 21.9 Å². The largest absolute Gasteiger partial charge is 0.375 e. The van der Waals surface area contributed by atoms with E-state index < -0.39 is 0 Å². The lowest BCUT2D eigenvalue weighted by molar-refractivity contribution is -0.0258. The second-order valence-corrected chi connectivity index (χ2v) is 7.37. The zero-order valence-electron chi connectivity index (χ0n) is 13.6. The van der Waals surface area contributed by atoms with Gasteiger partial charge in [0.25, 0.3) is 5.91 Å². The van der Waals surface area contributed by atoms with Crippen LogP contribution in [0.25, 0.3) is 0 Å². The maximum Gasteiger partial charge on any atom is 0.264 e. The van der Waals surface area contributed by atoms with Gasteiger partial charge in [0.15, 0.2) is 5.78 Å². The van der Waals surface area contributed by atoms with Crippen LogP contribution >= 0.6 is 11.3 Å². The van der Waals surface area contributed by atoms with Crippen LogP contribution in [0, 0.1) is 5.92 Å². The molecule has 1 atom stereocenters. The van der Waals surface area contributed by atoms with Gasteiger partial charge < -0.3 is 9.64 Å². The van der Waals surface area contributed by atoms with Gasteiger partial charge in [-0.05, 0) is 31.4 Å². The summed E-state index contributed by atoms with van der Waals surface area (Å²) >= 11 is 1.28. The van der Waals surface area contributed by atoms with Gasteiger partial charge in [-0.2, -0.15) is 0 Å². The molecular formula is C17H25NO3S. The predicted molar refractivity (Wildman–Crippen MR) is 88.7 cm³/mol. The normalized spacial score (nSPS) is 18.7. The summed E-state index contributed by atoms with van der Waals surface area (Å²) in [6.07, 6.45) is 3.48. The average molecular weight is 323 g/mol. The fourth-order valence-corrected chi connectivity index (χ4v) is 3.50. The van der Waals surface area contributed by atoms with Crippen LogP contribution in [0.1, 0.15) is 59.4 Å². The van der Waals surface area contributed by atoms with Crippen molar-refractivity contribution in [3.8, 4) is 0 Å². The molecule has 1 aliphatic heterocycles. The van der Waals surface area contributed by atoms with E-state index >= 15 is 0 Å². The van der Waals surface area contributed by atoms with Crippen LogP contribution in [-0.2, 0) is 4.74 Å². The van der Waals surface area contributed by atoms with E-state index in [-0.39, 0.29) is 17.8 Å². The number of carbonyl (C=O) groups excluding carboxylic acids is 2. The van der Waals surface area contributed by atoms with Crippen LogP contribution in [0.3, 0.4) is 0 Å². The van der Waals surface area contributed by atoms with Crippen LogP contribution in [0.2, 0.25) is 0 Å². The van der Waals surface area contributed by atoms with E-state index in [9.17, 15) is 9.59 Å². The zero-order valence-corrected chi connectivity index (χ0v) is 14.4.